The Hall–Kier alpha value is -2.59. The van der Waals surface area contributed by atoms with Crippen molar-refractivity contribution in [1.82, 2.24) is 9.97 Å². The first-order valence-electron chi connectivity index (χ1n) is 7.25. The number of aromatic nitrogens is 2. The van der Waals surface area contributed by atoms with Gasteiger partial charge in [-0.15, -0.1) is 0 Å². The number of anilines is 3. The van der Waals surface area contributed by atoms with E-state index in [0.29, 0.717) is 10.8 Å². The lowest BCUT2D eigenvalue weighted by molar-refractivity contribution is 1.12. The minimum absolute atomic E-state index is 0.244. The van der Waals surface area contributed by atoms with Crippen molar-refractivity contribution in [3.05, 3.63) is 64.8 Å². The van der Waals surface area contributed by atoms with Gasteiger partial charge >= 0.3 is 0 Å². The number of nitrogens with zero attached hydrogens (tertiary/aromatic N) is 2. The first kappa shape index (κ1) is 15.3. The molecule has 3 N–H and O–H groups in total. The van der Waals surface area contributed by atoms with Gasteiger partial charge in [0.15, 0.2) is 0 Å². The summed E-state index contributed by atoms with van der Waals surface area (Å²) in [5.41, 5.74) is 10.7. The van der Waals surface area contributed by atoms with Crippen molar-refractivity contribution in [3.8, 4) is 11.1 Å². The molecule has 0 atom stereocenters. The van der Waals surface area contributed by atoms with Gasteiger partial charge in [0.2, 0.25) is 5.95 Å². The van der Waals surface area contributed by atoms with Gasteiger partial charge in [-0.3, -0.25) is 0 Å². The smallest absolute Gasteiger partial charge is 0.222 e. The van der Waals surface area contributed by atoms with Crippen molar-refractivity contribution < 1.29 is 0 Å². The van der Waals surface area contributed by atoms with Crippen molar-refractivity contribution in [1.29, 1.82) is 0 Å². The number of nitrogen functional groups attached to an aromatic ring is 1. The molecule has 116 valence electrons. The average molecular weight is 325 g/mol. The number of nitrogens with two attached hydrogens (primary N) is 1. The van der Waals surface area contributed by atoms with Crippen molar-refractivity contribution >= 4 is 29.1 Å². The van der Waals surface area contributed by atoms with E-state index in [9.17, 15) is 0 Å². The van der Waals surface area contributed by atoms with E-state index in [2.05, 4.69) is 46.5 Å². The highest BCUT2D eigenvalue weighted by Gasteiger charge is 2.05. The van der Waals surface area contributed by atoms with E-state index >= 15 is 0 Å². The third-order valence-electron chi connectivity index (χ3n) is 3.43. The van der Waals surface area contributed by atoms with Crippen LogP contribution in [0.25, 0.3) is 11.1 Å². The quantitative estimate of drug-likeness (QED) is 0.730. The van der Waals surface area contributed by atoms with Crippen LogP contribution in [0.2, 0.25) is 5.02 Å². The Kier molecular flexibility index (Phi) is 4.17. The summed E-state index contributed by atoms with van der Waals surface area (Å²) in [4.78, 5) is 8.25. The van der Waals surface area contributed by atoms with E-state index in [-0.39, 0.29) is 5.95 Å². The molecule has 3 aromatic rings. The minimum atomic E-state index is 0.244. The predicted octanol–water partition coefficient (Wildman–Crippen LogP) is 4.74. The molecule has 0 unspecified atom stereocenters. The van der Waals surface area contributed by atoms with Gasteiger partial charge in [0.05, 0.1) is 0 Å². The Bertz CT molecular complexity index is 824. The first-order chi connectivity index (χ1) is 11.0. The van der Waals surface area contributed by atoms with Crippen molar-refractivity contribution in [3.63, 3.8) is 0 Å². The molecule has 0 saturated heterocycles. The van der Waals surface area contributed by atoms with Gasteiger partial charge in [0.1, 0.15) is 5.82 Å². The van der Waals surface area contributed by atoms with E-state index in [4.69, 9.17) is 17.3 Å². The molecule has 1 heterocycles. The zero-order valence-electron chi connectivity index (χ0n) is 13.0. The molecule has 4 nitrogen and oxygen atoms in total. The van der Waals surface area contributed by atoms with Crippen LogP contribution >= 0.6 is 11.6 Å². The fourth-order valence-electron chi connectivity index (χ4n) is 2.38. The summed E-state index contributed by atoms with van der Waals surface area (Å²) in [5.74, 6) is 0.889. The fourth-order valence-corrected chi connectivity index (χ4v) is 2.61. The molecule has 0 bridgehead atoms. The second-order valence-corrected chi connectivity index (χ2v) is 5.91. The zero-order valence-corrected chi connectivity index (χ0v) is 13.7. The van der Waals surface area contributed by atoms with Crippen LogP contribution in [0.4, 0.5) is 17.5 Å². The highest BCUT2D eigenvalue weighted by molar-refractivity contribution is 6.31. The van der Waals surface area contributed by atoms with Crippen LogP contribution in [0.1, 0.15) is 11.3 Å². The van der Waals surface area contributed by atoms with Crippen LogP contribution < -0.4 is 11.1 Å². The van der Waals surface area contributed by atoms with Gasteiger partial charge in [-0.25, -0.2) is 4.98 Å². The molecule has 0 aliphatic rings. The van der Waals surface area contributed by atoms with Crippen LogP contribution in [-0.2, 0) is 0 Å². The van der Waals surface area contributed by atoms with Gasteiger partial charge in [0, 0.05) is 22.5 Å². The van der Waals surface area contributed by atoms with Crippen molar-refractivity contribution in [2.75, 3.05) is 11.1 Å². The number of halogens is 1. The second-order valence-electron chi connectivity index (χ2n) is 5.47. The standard InChI is InChI=1S/C18H17ClN4/c1-11-3-5-13(6-4-11)14-8-15(19)10-16(9-14)22-17-7-12(2)21-18(20)23-17/h3-10H,1-2H3,(H3,20,21,22,23). The highest BCUT2D eigenvalue weighted by atomic mass is 35.5. The minimum Gasteiger partial charge on any atom is -0.368 e. The third-order valence-corrected chi connectivity index (χ3v) is 3.64. The van der Waals surface area contributed by atoms with Gasteiger partial charge in [-0.1, -0.05) is 41.4 Å². The maximum Gasteiger partial charge on any atom is 0.222 e. The maximum atomic E-state index is 6.26. The molecule has 0 aliphatic carbocycles. The number of hydrogen-bond acceptors (Lipinski definition) is 4. The third kappa shape index (κ3) is 3.79. The summed E-state index contributed by atoms with van der Waals surface area (Å²) in [7, 11) is 0. The number of hydrogen-bond donors (Lipinski definition) is 2. The molecule has 0 radical (unpaired) electrons. The molecule has 1 aromatic heterocycles. The van der Waals surface area contributed by atoms with E-state index in [1.54, 1.807) is 0 Å². The largest absolute Gasteiger partial charge is 0.368 e. The van der Waals surface area contributed by atoms with Gasteiger partial charge in [-0.2, -0.15) is 4.98 Å². The number of aryl methyl sites for hydroxylation is 2. The average Bonchev–Trinajstić information content (AvgIpc) is 2.46. The molecular formula is C18H17ClN4. The molecular weight excluding hydrogens is 308 g/mol. The molecule has 2 aromatic carbocycles. The van der Waals surface area contributed by atoms with Crippen LogP contribution in [0, 0.1) is 13.8 Å². The Labute approximate surface area is 140 Å². The first-order valence-corrected chi connectivity index (χ1v) is 7.63. The normalized spacial score (nSPS) is 10.6. The molecule has 3 rings (SSSR count). The van der Waals surface area contributed by atoms with E-state index < -0.39 is 0 Å². The predicted molar refractivity (Wildman–Crippen MR) is 96.1 cm³/mol. The van der Waals surface area contributed by atoms with E-state index in [1.807, 2.05) is 31.2 Å². The summed E-state index contributed by atoms with van der Waals surface area (Å²) in [6.07, 6.45) is 0. The lowest BCUT2D eigenvalue weighted by Gasteiger charge is -2.10. The number of rotatable bonds is 3. The zero-order chi connectivity index (χ0) is 16.4. The highest BCUT2D eigenvalue weighted by Crippen LogP contribution is 2.29. The van der Waals surface area contributed by atoms with Crippen LogP contribution in [-0.4, -0.2) is 9.97 Å². The monoisotopic (exact) mass is 324 g/mol. The summed E-state index contributed by atoms with van der Waals surface area (Å²) >= 11 is 6.26. The maximum absolute atomic E-state index is 6.26. The van der Waals surface area contributed by atoms with E-state index in [1.165, 1.54) is 5.56 Å². The van der Waals surface area contributed by atoms with Crippen LogP contribution in [0.15, 0.2) is 48.5 Å². The van der Waals surface area contributed by atoms with Gasteiger partial charge in [0.25, 0.3) is 0 Å². The Morgan fingerprint density at radius 1 is 0.913 bits per heavy atom. The summed E-state index contributed by atoms with van der Waals surface area (Å²) in [6, 6.07) is 16.0. The summed E-state index contributed by atoms with van der Waals surface area (Å²) in [5, 5.41) is 3.89. The van der Waals surface area contributed by atoms with Crippen LogP contribution in [0.5, 0.6) is 0 Å². The molecule has 23 heavy (non-hydrogen) atoms. The number of nitrogens with one attached hydrogen (secondary N) is 1. The molecule has 0 fully saturated rings. The molecule has 5 heteroatoms. The molecule has 0 saturated carbocycles. The summed E-state index contributed by atoms with van der Waals surface area (Å²) < 4.78 is 0. The summed E-state index contributed by atoms with van der Waals surface area (Å²) in [6.45, 7) is 3.94. The SMILES string of the molecule is Cc1ccc(-c2cc(Cl)cc(Nc3cc(C)nc(N)n3)c2)cc1. The fraction of sp³-hybridized carbons (Fsp3) is 0.111. The topological polar surface area (TPSA) is 63.8 Å². The molecule has 0 spiro atoms. The lowest BCUT2D eigenvalue weighted by Crippen LogP contribution is -2.01. The van der Waals surface area contributed by atoms with Gasteiger partial charge < -0.3 is 11.1 Å². The Morgan fingerprint density at radius 2 is 1.65 bits per heavy atom. The van der Waals surface area contributed by atoms with Crippen LogP contribution in [0.3, 0.4) is 0 Å². The second kappa shape index (κ2) is 6.26. The van der Waals surface area contributed by atoms with Crippen molar-refractivity contribution in [2.45, 2.75) is 13.8 Å². The lowest BCUT2D eigenvalue weighted by atomic mass is 10.0. The van der Waals surface area contributed by atoms with E-state index in [0.717, 1.165) is 22.5 Å². The van der Waals surface area contributed by atoms with Gasteiger partial charge in [-0.05, 0) is 43.2 Å². The Morgan fingerprint density at radius 3 is 2.35 bits per heavy atom. The molecule has 0 aliphatic heterocycles. The molecule has 0 amide bonds. The van der Waals surface area contributed by atoms with Crippen molar-refractivity contribution in [2.24, 2.45) is 0 Å². The Balaban J connectivity index is 1.95. The number of benzene rings is 2.